The Kier molecular flexibility index (Phi) is 6.17. The molecule has 1 heterocycles. The molecule has 0 fully saturated rings. The van der Waals surface area contributed by atoms with Crippen LogP contribution in [0.15, 0.2) is 78.9 Å². The van der Waals surface area contributed by atoms with Crippen LogP contribution in [0, 0.1) is 10.1 Å². The molecule has 0 saturated heterocycles. The number of benzene rings is 3. The maximum atomic E-state index is 11.7. The number of nitro benzene ring substituents is 1. The van der Waals surface area contributed by atoms with E-state index < -0.39 is 4.92 Å². The lowest BCUT2D eigenvalue weighted by Gasteiger charge is -2.09. The summed E-state index contributed by atoms with van der Waals surface area (Å²) in [4.78, 5) is 22.3. The van der Waals surface area contributed by atoms with Crippen molar-refractivity contribution < 1.29 is 14.8 Å². The maximum Gasteiger partial charge on any atom is 0.269 e. The van der Waals surface area contributed by atoms with Crippen LogP contribution in [0.5, 0.6) is 5.75 Å². The summed E-state index contributed by atoms with van der Waals surface area (Å²) in [5.74, 6) is 0.145. The average Bonchev–Trinajstić information content (AvgIpc) is 3.27. The number of hydrogen-bond acceptors (Lipinski definition) is 5. The average molecular weight is 442 g/mol. The fourth-order valence-electron chi connectivity index (χ4n) is 3.52. The van der Waals surface area contributed by atoms with E-state index in [1.165, 1.54) is 12.1 Å². The van der Waals surface area contributed by atoms with Gasteiger partial charge in [-0.25, -0.2) is 4.68 Å². The molecule has 0 atom stereocenters. The van der Waals surface area contributed by atoms with E-state index >= 15 is 0 Å². The highest BCUT2D eigenvalue weighted by Gasteiger charge is 2.14. The molecule has 0 radical (unpaired) electrons. The quantitative estimate of drug-likeness (QED) is 0.323. The molecule has 0 unspecified atom stereocenters. The fraction of sp³-hybridized carbons (Fsp3) is 0.120. The SMILES string of the molecule is CNC(=O)CCc1cc(-c2ccc(-c3ccc(O)cc3)cc2)n(-c2ccc([N+](=O)[O-])cc2)n1. The van der Waals surface area contributed by atoms with Gasteiger partial charge in [0.1, 0.15) is 5.75 Å². The van der Waals surface area contributed by atoms with Crippen molar-refractivity contribution >= 4 is 11.6 Å². The van der Waals surface area contributed by atoms with E-state index in [4.69, 9.17) is 0 Å². The Morgan fingerprint density at radius 2 is 1.55 bits per heavy atom. The molecule has 4 rings (SSSR count). The third-order valence-electron chi connectivity index (χ3n) is 5.33. The van der Waals surface area contributed by atoms with Gasteiger partial charge in [-0.2, -0.15) is 5.10 Å². The number of phenols is 1. The Morgan fingerprint density at radius 1 is 0.970 bits per heavy atom. The van der Waals surface area contributed by atoms with Crippen LogP contribution in [0.25, 0.3) is 28.1 Å². The minimum atomic E-state index is -0.440. The van der Waals surface area contributed by atoms with Gasteiger partial charge in [-0.1, -0.05) is 36.4 Å². The highest BCUT2D eigenvalue weighted by molar-refractivity contribution is 5.76. The van der Waals surface area contributed by atoms with Crippen LogP contribution in [0.4, 0.5) is 5.69 Å². The second kappa shape index (κ2) is 9.35. The molecule has 166 valence electrons. The van der Waals surface area contributed by atoms with Crippen LogP contribution in [0.3, 0.4) is 0 Å². The topological polar surface area (TPSA) is 110 Å². The van der Waals surface area contributed by atoms with E-state index in [1.807, 2.05) is 42.5 Å². The van der Waals surface area contributed by atoms with Crippen LogP contribution in [-0.2, 0) is 11.2 Å². The van der Waals surface area contributed by atoms with E-state index in [1.54, 1.807) is 36.0 Å². The summed E-state index contributed by atoms with van der Waals surface area (Å²) < 4.78 is 1.73. The van der Waals surface area contributed by atoms with Crippen molar-refractivity contribution in [1.29, 1.82) is 0 Å². The Hall–Kier alpha value is -4.46. The summed E-state index contributed by atoms with van der Waals surface area (Å²) in [6.45, 7) is 0. The first-order valence-corrected chi connectivity index (χ1v) is 10.4. The summed E-state index contributed by atoms with van der Waals surface area (Å²) >= 11 is 0. The number of carbonyl (C=O) groups is 1. The zero-order chi connectivity index (χ0) is 23.4. The fourth-order valence-corrected chi connectivity index (χ4v) is 3.52. The van der Waals surface area contributed by atoms with Crippen molar-refractivity contribution in [3.63, 3.8) is 0 Å². The number of nitrogens with zero attached hydrogens (tertiary/aromatic N) is 3. The molecule has 2 N–H and O–H groups in total. The molecule has 8 heteroatoms. The third kappa shape index (κ3) is 4.90. The molecule has 4 aromatic rings. The number of nitrogens with one attached hydrogen (secondary N) is 1. The summed E-state index contributed by atoms with van der Waals surface area (Å²) in [5, 5.41) is 27.8. The van der Waals surface area contributed by atoms with Gasteiger partial charge >= 0.3 is 0 Å². The van der Waals surface area contributed by atoms with Crippen molar-refractivity contribution in [2.75, 3.05) is 7.05 Å². The number of carbonyl (C=O) groups excluding carboxylic acids is 1. The van der Waals surface area contributed by atoms with Gasteiger partial charge < -0.3 is 10.4 Å². The lowest BCUT2D eigenvalue weighted by molar-refractivity contribution is -0.384. The summed E-state index contributed by atoms with van der Waals surface area (Å²) in [7, 11) is 1.60. The third-order valence-corrected chi connectivity index (χ3v) is 5.33. The minimum absolute atomic E-state index is 0.00514. The monoisotopic (exact) mass is 442 g/mol. The number of amides is 1. The molecule has 1 aromatic heterocycles. The molecule has 0 bridgehead atoms. The van der Waals surface area contributed by atoms with Crippen molar-refractivity contribution in [3.8, 4) is 33.8 Å². The van der Waals surface area contributed by atoms with E-state index in [0.29, 0.717) is 18.5 Å². The second-order valence-corrected chi connectivity index (χ2v) is 7.50. The predicted molar refractivity (Wildman–Crippen MR) is 125 cm³/mol. The van der Waals surface area contributed by atoms with Gasteiger partial charge in [0.05, 0.1) is 22.0 Å². The summed E-state index contributed by atoms with van der Waals surface area (Å²) in [5.41, 5.74) is 5.14. The van der Waals surface area contributed by atoms with Gasteiger partial charge in [-0.15, -0.1) is 0 Å². The summed E-state index contributed by atoms with van der Waals surface area (Å²) in [6.07, 6.45) is 0.783. The van der Waals surface area contributed by atoms with Crippen molar-refractivity contribution in [3.05, 3.63) is 94.7 Å². The first-order valence-electron chi connectivity index (χ1n) is 10.4. The lowest BCUT2D eigenvalue weighted by atomic mass is 10.0. The highest BCUT2D eigenvalue weighted by Crippen LogP contribution is 2.29. The summed E-state index contributed by atoms with van der Waals surface area (Å²) in [6, 6.07) is 23.0. The Labute approximate surface area is 190 Å². The zero-order valence-corrected chi connectivity index (χ0v) is 17.9. The number of nitro groups is 1. The van der Waals surface area contributed by atoms with Crippen LogP contribution in [0.1, 0.15) is 12.1 Å². The van der Waals surface area contributed by atoms with Crippen molar-refractivity contribution in [1.82, 2.24) is 15.1 Å². The van der Waals surface area contributed by atoms with Crippen LogP contribution in [0.2, 0.25) is 0 Å². The molecule has 33 heavy (non-hydrogen) atoms. The van der Waals surface area contributed by atoms with Crippen LogP contribution in [-0.4, -0.2) is 32.8 Å². The van der Waals surface area contributed by atoms with E-state index in [-0.39, 0.29) is 17.3 Å². The lowest BCUT2D eigenvalue weighted by Crippen LogP contribution is -2.18. The van der Waals surface area contributed by atoms with Gasteiger partial charge in [-0.05, 0) is 41.5 Å². The van der Waals surface area contributed by atoms with Crippen LogP contribution < -0.4 is 5.32 Å². The predicted octanol–water partition coefficient (Wildman–Crippen LogP) is 4.50. The van der Waals surface area contributed by atoms with Gasteiger partial charge in [-0.3, -0.25) is 14.9 Å². The molecule has 8 nitrogen and oxygen atoms in total. The number of aryl methyl sites for hydroxylation is 1. The smallest absolute Gasteiger partial charge is 0.269 e. The number of aromatic hydroxyl groups is 1. The first-order chi connectivity index (χ1) is 15.9. The van der Waals surface area contributed by atoms with Crippen molar-refractivity contribution in [2.24, 2.45) is 0 Å². The van der Waals surface area contributed by atoms with E-state index in [9.17, 15) is 20.0 Å². The highest BCUT2D eigenvalue weighted by atomic mass is 16.6. The molecule has 3 aromatic carbocycles. The largest absolute Gasteiger partial charge is 0.508 e. The van der Waals surface area contributed by atoms with Gasteiger partial charge in [0.25, 0.3) is 5.69 Å². The Bertz CT molecular complexity index is 1280. The molecule has 0 saturated carbocycles. The number of hydrogen-bond donors (Lipinski definition) is 2. The Morgan fingerprint density at radius 3 is 2.12 bits per heavy atom. The van der Waals surface area contributed by atoms with E-state index in [0.717, 1.165) is 28.1 Å². The van der Waals surface area contributed by atoms with Gasteiger partial charge in [0, 0.05) is 37.6 Å². The number of rotatable bonds is 7. The van der Waals surface area contributed by atoms with E-state index in [2.05, 4.69) is 10.4 Å². The normalized spacial score (nSPS) is 10.7. The molecule has 0 aliphatic carbocycles. The number of aromatic nitrogens is 2. The van der Waals surface area contributed by atoms with Crippen LogP contribution >= 0.6 is 0 Å². The number of phenolic OH excluding ortho intramolecular Hbond substituents is 1. The molecule has 0 aliphatic rings. The molecule has 1 amide bonds. The molecular weight excluding hydrogens is 420 g/mol. The second-order valence-electron chi connectivity index (χ2n) is 7.50. The standard InChI is InChI=1S/C25H22N4O4/c1-26-25(31)15-8-20-16-24(28(27-20)21-9-11-22(12-10-21)29(32)33)19-4-2-17(3-5-19)18-6-13-23(30)14-7-18/h2-7,9-14,16,30H,8,15H2,1H3,(H,26,31). The molecule has 0 aliphatic heterocycles. The van der Waals surface area contributed by atoms with Gasteiger partial charge in [0.2, 0.25) is 5.91 Å². The molecule has 0 spiro atoms. The zero-order valence-electron chi connectivity index (χ0n) is 17.9. The molecular formula is C25H22N4O4. The van der Waals surface area contributed by atoms with Crippen molar-refractivity contribution in [2.45, 2.75) is 12.8 Å². The maximum absolute atomic E-state index is 11.7. The first kappa shape index (κ1) is 21.8. The minimum Gasteiger partial charge on any atom is -0.508 e. The Balaban J connectivity index is 1.70. The number of non-ortho nitro benzene ring substituents is 1. The van der Waals surface area contributed by atoms with Gasteiger partial charge in [0.15, 0.2) is 0 Å².